The van der Waals surface area contributed by atoms with Gasteiger partial charge in [0.05, 0.1) is 24.1 Å². The summed E-state index contributed by atoms with van der Waals surface area (Å²) >= 11 is 5.39. The molecule has 0 aliphatic rings. The second-order valence-electron chi connectivity index (χ2n) is 2.91. The summed E-state index contributed by atoms with van der Waals surface area (Å²) in [5, 5.41) is 8.40. The molecule has 0 atom stereocenters. The lowest BCUT2D eigenvalue weighted by Gasteiger charge is -2.11. The lowest BCUT2D eigenvalue weighted by molar-refractivity contribution is -0.277. The topological polar surface area (TPSA) is 45.9 Å². The summed E-state index contributed by atoms with van der Waals surface area (Å²) < 4.78 is 52.7. The van der Waals surface area contributed by atoms with Crippen molar-refractivity contribution >= 4 is 11.6 Å². The normalized spacial score (nSPS) is 11.1. The van der Waals surface area contributed by atoms with Crippen LogP contribution in [-0.2, 0) is 12.3 Å². The molecule has 0 spiro atoms. The minimum absolute atomic E-state index is 0.00225. The summed E-state index contributed by atoms with van der Waals surface area (Å²) in [7, 11) is 0. The lowest BCUT2D eigenvalue weighted by Crippen LogP contribution is -2.19. The van der Waals surface area contributed by atoms with Gasteiger partial charge in [-0.3, -0.25) is 0 Å². The molecule has 0 amide bonds. The van der Waals surface area contributed by atoms with Gasteiger partial charge in [0, 0.05) is 5.56 Å². The fourth-order valence-electron chi connectivity index (χ4n) is 1.07. The summed E-state index contributed by atoms with van der Waals surface area (Å²) in [6, 6.07) is 2.74. The van der Waals surface area contributed by atoms with Gasteiger partial charge in [-0.05, 0) is 6.07 Å². The maximum atomic E-state index is 13.4. The maximum Gasteiger partial charge on any atom is 0.574 e. The molecule has 3 nitrogen and oxygen atoms in total. The summed E-state index contributed by atoms with van der Waals surface area (Å²) in [5.41, 5.74) is -0.241. The molecular weight excluding hydrogens is 264 g/mol. The Kier molecular flexibility index (Phi) is 4.12. The Balaban J connectivity index is 3.20. The van der Waals surface area contributed by atoms with Crippen LogP contribution >= 0.6 is 11.6 Å². The van der Waals surface area contributed by atoms with Crippen molar-refractivity contribution in [1.82, 2.24) is 4.98 Å². The van der Waals surface area contributed by atoms with Gasteiger partial charge in [-0.2, -0.15) is 5.26 Å². The molecular formula is C9H5ClF4N2O. The smallest absolute Gasteiger partial charge is 0.385 e. The van der Waals surface area contributed by atoms with Gasteiger partial charge >= 0.3 is 6.36 Å². The van der Waals surface area contributed by atoms with E-state index in [0.29, 0.717) is 0 Å². The highest BCUT2D eigenvalue weighted by Crippen LogP contribution is 2.26. The van der Waals surface area contributed by atoms with Gasteiger partial charge in [0.15, 0.2) is 5.82 Å². The number of hydrogen-bond donors (Lipinski definition) is 0. The third-order valence-corrected chi connectivity index (χ3v) is 1.95. The van der Waals surface area contributed by atoms with Crippen LogP contribution in [0.1, 0.15) is 11.3 Å². The first-order valence-electron chi connectivity index (χ1n) is 4.24. The first-order chi connectivity index (χ1) is 7.87. The molecule has 92 valence electrons. The molecule has 0 aliphatic carbocycles. The Morgan fingerprint density at radius 3 is 2.59 bits per heavy atom. The lowest BCUT2D eigenvalue weighted by atomic mass is 10.1. The molecule has 0 fully saturated rings. The van der Waals surface area contributed by atoms with E-state index < -0.39 is 24.5 Å². The number of hydrogen-bond acceptors (Lipinski definition) is 3. The number of alkyl halides is 4. The maximum absolute atomic E-state index is 13.4. The zero-order chi connectivity index (χ0) is 13.1. The molecule has 0 N–H and O–H groups in total. The van der Waals surface area contributed by atoms with E-state index in [-0.39, 0.29) is 17.1 Å². The first kappa shape index (κ1) is 13.5. The van der Waals surface area contributed by atoms with Crippen molar-refractivity contribution in [2.45, 2.75) is 18.7 Å². The van der Waals surface area contributed by atoms with Crippen molar-refractivity contribution in [1.29, 1.82) is 5.26 Å². The molecule has 17 heavy (non-hydrogen) atoms. The van der Waals surface area contributed by atoms with Crippen LogP contribution in [0.5, 0.6) is 5.88 Å². The second kappa shape index (κ2) is 5.19. The molecule has 0 aromatic carbocycles. The van der Waals surface area contributed by atoms with E-state index in [9.17, 15) is 17.6 Å². The van der Waals surface area contributed by atoms with E-state index in [4.69, 9.17) is 16.9 Å². The molecule has 1 aromatic rings. The Labute approximate surface area is 98.6 Å². The predicted molar refractivity (Wildman–Crippen MR) is 49.8 cm³/mol. The van der Waals surface area contributed by atoms with Crippen molar-refractivity contribution in [3.8, 4) is 11.9 Å². The number of nitriles is 1. The fraction of sp³-hybridized carbons (Fsp3) is 0.333. The minimum Gasteiger partial charge on any atom is -0.385 e. The number of nitrogens with zero attached hydrogens (tertiary/aromatic N) is 2. The van der Waals surface area contributed by atoms with Crippen LogP contribution in [-0.4, -0.2) is 11.3 Å². The quantitative estimate of drug-likeness (QED) is 0.625. The van der Waals surface area contributed by atoms with E-state index in [1.807, 2.05) is 0 Å². The van der Waals surface area contributed by atoms with Gasteiger partial charge in [0.2, 0.25) is 0 Å². The van der Waals surface area contributed by atoms with Crippen molar-refractivity contribution < 1.29 is 22.3 Å². The van der Waals surface area contributed by atoms with Gasteiger partial charge < -0.3 is 4.74 Å². The number of aromatic nitrogens is 1. The SMILES string of the molecule is N#CCc1cc(CCl)nc(OC(F)(F)F)c1F. The Bertz CT molecular complexity index is 456. The molecule has 0 saturated carbocycles. The molecule has 0 bridgehead atoms. The van der Waals surface area contributed by atoms with E-state index in [1.54, 1.807) is 6.07 Å². The predicted octanol–water partition coefficient (Wildman–Crippen LogP) is 2.92. The van der Waals surface area contributed by atoms with E-state index in [0.717, 1.165) is 6.07 Å². The summed E-state index contributed by atoms with van der Waals surface area (Å²) in [5.74, 6) is -2.74. The van der Waals surface area contributed by atoms with E-state index in [2.05, 4.69) is 9.72 Å². The highest BCUT2D eigenvalue weighted by atomic mass is 35.5. The fourth-order valence-corrected chi connectivity index (χ4v) is 1.21. The van der Waals surface area contributed by atoms with Crippen LogP contribution in [0.25, 0.3) is 0 Å². The molecule has 0 aliphatic heterocycles. The largest absolute Gasteiger partial charge is 0.574 e. The van der Waals surface area contributed by atoms with E-state index >= 15 is 0 Å². The summed E-state index contributed by atoms with van der Waals surface area (Å²) in [6.07, 6.45) is -5.45. The zero-order valence-electron chi connectivity index (χ0n) is 8.18. The van der Waals surface area contributed by atoms with Crippen molar-refractivity contribution in [3.63, 3.8) is 0 Å². The second-order valence-corrected chi connectivity index (χ2v) is 3.18. The van der Waals surface area contributed by atoms with E-state index in [1.165, 1.54) is 0 Å². The van der Waals surface area contributed by atoms with Crippen LogP contribution in [0.2, 0.25) is 0 Å². The molecule has 8 heteroatoms. The number of rotatable bonds is 3. The molecule has 1 heterocycles. The van der Waals surface area contributed by atoms with Gasteiger partial charge in [0.25, 0.3) is 5.88 Å². The minimum atomic E-state index is -5.05. The Hall–Kier alpha value is -1.55. The van der Waals surface area contributed by atoms with Gasteiger partial charge in [-0.1, -0.05) is 0 Å². The van der Waals surface area contributed by atoms with Crippen LogP contribution in [0, 0.1) is 17.1 Å². The third-order valence-electron chi connectivity index (χ3n) is 1.67. The van der Waals surface area contributed by atoms with Gasteiger partial charge in [0.1, 0.15) is 0 Å². The Morgan fingerprint density at radius 1 is 1.47 bits per heavy atom. The summed E-state index contributed by atoms with van der Waals surface area (Å²) in [4.78, 5) is 3.26. The highest BCUT2D eigenvalue weighted by molar-refractivity contribution is 6.16. The Morgan fingerprint density at radius 2 is 2.12 bits per heavy atom. The monoisotopic (exact) mass is 268 g/mol. The van der Waals surface area contributed by atoms with Crippen molar-refractivity contribution in [2.24, 2.45) is 0 Å². The zero-order valence-corrected chi connectivity index (χ0v) is 8.94. The molecule has 0 unspecified atom stereocenters. The average molecular weight is 269 g/mol. The van der Waals surface area contributed by atoms with Crippen LogP contribution in [0.3, 0.4) is 0 Å². The van der Waals surface area contributed by atoms with Crippen molar-refractivity contribution in [2.75, 3.05) is 0 Å². The molecule has 1 rings (SSSR count). The highest BCUT2D eigenvalue weighted by Gasteiger charge is 2.34. The van der Waals surface area contributed by atoms with Gasteiger partial charge in [-0.25, -0.2) is 9.37 Å². The first-order valence-corrected chi connectivity index (χ1v) is 4.77. The number of pyridine rings is 1. The molecule has 0 radical (unpaired) electrons. The number of halogens is 5. The third kappa shape index (κ3) is 3.75. The number of ether oxygens (including phenoxy) is 1. The standard InChI is InChI=1S/C9H5ClF4N2O/c10-4-6-3-5(1-2-15)7(11)8(16-6)17-9(12,13)14/h3H,1,4H2. The van der Waals surface area contributed by atoms with Crippen LogP contribution < -0.4 is 4.74 Å². The summed E-state index contributed by atoms with van der Waals surface area (Å²) in [6.45, 7) is 0. The van der Waals surface area contributed by atoms with Gasteiger partial charge in [-0.15, -0.1) is 24.8 Å². The van der Waals surface area contributed by atoms with Crippen molar-refractivity contribution in [3.05, 3.63) is 23.1 Å². The van der Waals surface area contributed by atoms with Crippen LogP contribution in [0.4, 0.5) is 17.6 Å². The van der Waals surface area contributed by atoms with Crippen LogP contribution in [0.15, 0.2) is 6.07 Å². The molecule has 1 aromatic heterocycles. The average Bonchev–Trinajstić information content (AvgIpc) is 2.22. The molecule has 0 saturated heterocycles.